The number of halogens is 1. The van der Waals surface area contributed by atoms with Gasteiger partial charge in [-0.1, -0.05) is 48.5 Å². The van der Waals surface area contributed by atoms with Crippen molar-refractivity contribution in [1.82, 2.24) is 0 Å². The highest BCUT2D eigenvalue weighted by atomic mass is 79.9. The molecule has 1 nitrogen and oxygen atoms in total. The van der Waals surface area contributed by atoms with Gasteiger partial charge in [-0.3, -0.25) is 0 Å². The highest BCUT2D eigenvalue weighted by Gasteiger charge is 1.99. The van der Waals surface area contributed by atoms with Gasteiger partial charge in [0.05, 0.1) is 0 Å². The summed E-state index contributed by atoms with van der Waals surface area (Å²) in [5.74, 6) is 0.860. The van der Waals surface area contributed by atoms with Gasteiger partial charge in [-0.25, -0.2) is 0 Å². The van der Waals surface area contributed by atoms with Gasteiger partial charge >= 0.3 is 0 Å². The van der Waals surface area contributed by atoms with E-state index in [4.69, 9.17) is 5.11 Å². The molecule has 0 saturated heterocycles. The fraction of sp³-hybridized carbons (Fsp3) is 1.00. The van der Waals surface area contributed by atoms with Crippen LogP contribution in [-0.4, -0.2) is 17.0 Å². The number of hydrogen-bond donors (Lipinski definition) is 1. The molecular formula is C10H21BrO. The van der Waals surface area contributed by atoms with Crippen LogP contribution in [0.5, 0.6) is 0 Å². The third-order valence-corrected chi connectivity index (χ3v) is 2.66. The molecule has 74 valence electrons. The van der Waals surface area contributed by atoms with Crippen LogP contribution in [0.25, 0.3) is 0 Å². The number of unbranched alkanes of at least 4 members (excludes halogenated alkanes) is 3. The average Bonchev–Trinajstić information content (AvgIpc) is 2.05. The number of alkyl halides is 1. The summed E-state index contributed by atoms with van der Waals surface area (Å²) in [6, 6.07) is 0. The smallest absolute Gasteiger partial charge is 0.0431 e. The first-order valence-electron chi connectivity index (χ1n) is 4.98. The van der Waals surface area contributed by atoms with E-state index in [0.29, 0.717) is 6.61 Å². The molecule has 0 heterocycles. The van der Waals surface area contributed by atoms with E-state index >= 15 is 0 Å². The molecule has 0 spiro atoms. The van der Waals surface area contributed by atoms with Gasteiger partial charge in [0, 0.05) is 11.9 Å². The lowest BCUT2D eigenvalue weighted by Crippen LogP contribution is -1.95. The van der Waals surface area contributed by atoms with Crippen molar-refractivity contribution in [2.45, 2.75) is 45.4 Å². The molecule has 0 aromatic rings. The van der Waals surface area contributed by atoms with Gasteiger partial charge in [-0.15, -0.1) is 0 Å². The minimum absolute atomic E-state index is 0.358. The van der Waals surface area contributed by atoms with Gasteiger partial charge in [0.25, 0.3) is 0 Å². The van der Waals surface area contributed by atoms with Crippen LogP contribution in [0.2, 0.25) is 0 Å². The van der Waals surface area contributed by atoms with Crippen LogP contribution in [0, 0.1) is 5.92 Å². The summed E-state index contributed by atoms with van der Waals surface area (Å²) in [5, 5.41) is 9.68. The van der Waals surface area contributed by atoms with Crippen LogP contribution < -0.4 is 0 Å². The number of hydrogen-bond acceptors (Lipinski definition) is 1. The zero-order valence-corrected chi connectivity index (χ0v) is 9.65. The lowest BCUT2D eigenvalue weighted by molar-refractivity contribution is 0.281. The third-order valence-electron chi connectivity index (χ3n) is 2.21. The van der Waals surface area contributed by atoms with E-state index in [1.165, 1.54) is 32.1 Å². The van der Waals surface area contributed by atoms with E-state index < -0.39 is 0 Å². The molecule has 0 rings (SSSR count). The van der Waals surface area contributed by atoms with Crippen LogP contribution in [0.1, 0.15) is 45.4 Å². The van der Waals surface area contributed by atoms with E-state index in [9.17, 15) is 0 Å². The monoisotopic (exact) mass is 236 g/mol. The molecule has 0 aliphatic rings. The Morgan fingerprint density at radius 3 is 2.33 bits per heavy atom. The zero-order valence-electron chi connectivity index (χ0n) is 8.06. The Labute approximate surface area is 84.7 Å². The third kappa shape index (κ3) is 8.54. The topological polar surface area (TPSA) is 20.2 Å². The second-order valence-electron chi connectivity index (χ2n) is 3.51. The Bertz CT molecular complexity index is 85.9. The van der Waals surface area contributed by atoms with Crippen molar-refractivity contribution >= 4 is 15.9 Å². The van der Waals surface area contributed by atoms with E-state index in [0.717, 1.165) is 17.7 Å². The minimum Gasteiger partial charge on any atom is -0.396 e. The van der Waals surface area contributed by atoms with Gasteiger partial charge in [-0.2, -0.15) is 0 Å². The Kier molecular flexibility index (Phi) is 9.88. The molecule has 0 aliphatic heterocycles. The lowest BCUT2D eigenvalue weighted by Gasteiger charge is -2.08. The Morgan fingerprint density at radius 2 is 1.75 bits per heavy atom. The lowest BCUT2D eigenvalue weighted by atomic mass is 10.0. The van der Waals surface area contributed by atoms with E-state index in [1.54, 1.807) is 0 Å². The molecular weight excluding hydrogens is 216 g/mol. The molecule has 12 heavy (non-hydrogen) atoms. The first kappa shape index (κ1) is 12.4. The first-order chi connectivity index (χ1) is 5.81. The van der Waals surface area contributed by atoms with Gasteiger partial charge in [0.15, 0.2) is 0 Å². The van der Waals surface area contributed by atoms with Crippen LogP contribution in [0.3, 0.4) is 0 Å². The Balaban J connectivity index is 2.97. The maximum atomic E-state index is 8.55. The van der Waals surface area contributed by atoms with Gasteiger partial charge in [0.2, 0.25) is 0 Å². The van der Waals surface area contributed by atoms with Gasteiger partial charge in [0.1, 0.15) is 0 Å². The van der Waals surface area contributed by atoms with Crippen molar-refractivity contribution in [2.24, 2.45) is 5.92 Å². The number of rotatable bonds is 8. The Morgan fingerprint density at radius 1 is 1.08 bits per heavy atom. The molecule has 0 fully saturated rings. The zero-order chi connectivity index (χ0) is 9.23. The van der Waals surface area contributed by atoms with E-state index in [-0.39, 0.29) is 0 Å². The second kappa shape index (κ2) is 9.53. The van der Waals surface area contributed by atoms with Gasteiger partial charge in [-0.05, 0) is 18.8 Å². The van der Waals surface area contributed by atoms with Crippen molar-refractivity contribution in [3.63, 3.8) is 0 Å². The second-order valence-corrected chi connectivity index (χ2v) is 4.30. The standard InChI is InChI=1S/C10H21BrO/c1-10(7-8-11)6-4-2-3-5-9-12/h10,12H,2-9H2,1H3. The summed E-state index contributed by atoms with van der Waals surface area (Å²) in [5.41, 5.74) is 0. The maximum absolute atomic E-state index is 8.55. The molecule has 0 bridgehead atoms. The van der Waals surface area contributed by atoms with Crippen molar-refractivity contribution in [3.8, 4) is 0 Å². The fourth-order valence-corrected chi connectivity index (χ4v) is 2.07. The molecule has 1 unspecified atom stereocenters. The van der Waals surface area contributed by atoms with Crippen molar-refractivity contribution in [2.75, 3.05) is 11.9 Å². The summed E-state index contributed by atoms with van der Waals surface area (Å²) in [4.78, 5) is 0. The molecule has 0 aromatic carbocycles. The quantitative estimate of drug-likeness (QED) is 0.507. The summed E-state index contributed by atoms with van der Waals surface area (Å²) < 4.78 is 0. The summed E-state index contributed by atoms with van der Waals surface area (Å²) in [6.45, 7) is 2.67. The van der Waals surface area contributed by atoms with Crippen LogP contribution in [-0.2, 0) is 0 Å². The highest BCUT2D eigenvalue weighted by Crippen LogP contribution is 2.14. The summed E-state index contributed by atoms with van der Waals surface area (Å²) in [7, 11) is 0. The van der Waals surface area contributed by atoms with Crippen molar-refractivity contribution in [3.05, 3.63) is 0 Å². The molecule has 0 aromatic heterocycles. The molecule has 0 radical (unpaired) electrons. The molecule has 0 amide bonds. The normalized spacial score (nSPS) is 13.2. The Hall–Kier alpha value is 0.440. The molecule has 1 N–H and O–H groups in total. The predicted octanol–water partition coefficient (Wildman–Crippen LogP) is 3.35. The summed E-state index contributed by atoms with van der Waals surface area (Å²) in [6.07, 6.45) is 7.42. The van der Waals surface area contributed by atoms with Crippen LogP contribution in [0.15, 0.2) is 0 Å². The largest absolute Gasteiger partial charge is 0.396 e. The van der Waals surface area contributed by atoms with Crippen molar-refractivity contribution < 1.29 is 5.11 Å². The van der Waals surface area contributed by atoms with Gasteiger partial charge < -0.3 is 5.11 Å². The highest BCUT2D eigenvalue weighted by molar-refractivity contribution is 9.09. The molecule has 0 aliphatic carbocycles. The fourth-order valence-electron chi connectivity index (χ4n) is 1.29. The van der Waals surface area contributed by atoms with Crippen LogP contribution >= 0.6 is 15.9 Å². The summed E-state index contributed by atoms with van der Waals surface area (Å²) >= 11 is 3.45. The molecule has 0 saturated carbocycles. The molecule has 2 heteroatoms. The minimum atomic E-state index is 0.358. The van der Waals surface area contributed by atoms with E-state index in [1.807, 2.05) is 0 Å². The average molecular weight is 237 g/mol. The maximum Gasteiger partial charge on any atom is 0.0431 e. The predicted molar refractivity (Wildman–Crippen MR) is 57.7 cm³/mol. The SMILES string of the molecule is CC(CCBr)CCCCCCO. The van der Waals surface area contributed by atoms with E-state index in [2.05, 4.69) is 22.9 Å². The number of aliphatic hydroxyl groups is 1. The first-order valence-corrected chi connectivity index (χ1v) is 6.10. The molecule has 1 atom stereocenters. The van der Waals surface area contributed by atoms with Crippen molar-refractivity contribution in [1.29, 1.82) is 0 Å². The van der Waals surface area contributed by atoms with Crippen LogP contribution in [0.4, 0.5) is 0 Å². The number of aliphatic hydroxyl groups excluding tert-OH is 1.